The molecule has 3 rings (SSSR count). The standard InChI is InChI=1S/C20H21FN2O3/c1-13-6-11-17(24)23(12-13)18(20(26)22-16-4-2-3-5-16)19(25)14-7-9-15(21)10-8-14/h6-12,16,18H,2-5H2,1H3,(H,22,26). The zero-order chi connectivity index (χ0) is 18.7. The maximum absolute atomic E-state index is 13.2. The number of carbonyl (C=O) groups excluding carboxylic acids is 2. The largest absolute Gasteiger partial charge is 0.351 e. The van der Waals surface area contributed by atoms with Crippen molar-refractivity contribution < 1.29 is 14.0 Å². The lowest BCUT2D eigenvalue weighted by Crippen LogP contribution is -2.44. The fraction of sp³-hybridized carbons (Fsp3) is 0.350. The zero-order valence-corrected chi connectivity index (χ0v) is 14.6. The van der Waals surface area contributed by atoms with Crippen molar-refractivity contribution in [1.82, 2.24) is 9.88 Å². The van der Waals surface area contributed by atoms with Crippen molar-refractivity contribution in [1.29, 1.82) is 0 Å². The summed E-state index contributed by atoms with van der Waals surface area (Å²) >= 11 is 0. The van der Waals surface area contributed by atoms with E-state index in [4.69, 9.17) is 0 Å². The van der Waals surface area contributed by atoms with E-state index in [1.165, 1.54) is 24.4 Å². The molecule has 1 fully saturated rings. The average molecular weight is 356 g/mol. The van der Waals surface area contributed by atoms with Gasteiger partial charge < -0.3 is 5.32 Å². The molecule has 0 bridgehead atoms. The highest BCUT2D eigenvalue weighted by Gasteiger charge is 2.32. The number of carbonyl (C=O) groups is 2. The summed E-state index contributed by atoms with van der Waals surface area (Å²) in [6, 6.07) is 6.66. The second-order valence-electron chi connectivity index (χ2n) is 6.72. The number of pyridine rings is 1. The van der Waals surface area contributed by atoms with Crippen LogP contribution in [0.4, 0.5) is 4.39 Å². The smallest absolute Gasteiger partial charge is 0.251 e. The Morgan fingerprint density at radius 1 is 1.12 bits per heavy atom. The lowest BCUT2D eigenvalue weighted by Gasteiger charge is -2.21. The minimum Gasteiger partial charge on any atom is -0.351 e. The van der Waals surface area contributed by atoms with E-state index >= 15 is 0 Å². The first-order chi connectivity index (χ1) is 12.5. The van der Waals surface area contributed by atoms with Crippen LogP contribution in [0, 0.1) is 12.7 Å². The van der Waals surface area contributed by atoms with E-state index in [2.05, 4.69) is 5.32 Å². The molecule has 2 aromatic rings. The third-order valence-corrected chi connectivity index (χ3v) is 4.69. The highest BCUT2D eigenvalue weighted by atomic mass is 19.1. The van der Waals surface area contributed by atoms with Gasteiger partial charge in [0, 0.05) is 23.9 Å². The van der Waals surface area contributed by atoms with Gasteiger partial charge in [-0.25, -0.2) is 4.39 Å². The molecule has 1 saturated carbocycles. The Morgan fingerprint density at radius 2 is 1.77 bits per heavy atom. The zero-order valence-electron chi connectivity index (χ0n) is 14.6. The number of nitrogens with zero attached hydrogens (tertiary/aromatic N) is 1. The first kappa shape index (κ1) is 18.0. The fourth-order valence-electron chi connectivity index (χ4n) is 3.31. The van der Waals surface area contributed by atoms with Crippen LogP contribution in [0.2, 0.25) is 0 Å². The van der Waals surface area contributed by atoms with Crippen molar-refractivity contribution in [3.8, 4) is 0 Å². The minimum atomic E-state index is -1.31. The monoisotopic (exact) mass is 356 g/mol. The molecular formula is C20H21FN2O3. The van der Waals surface area contributed by atoms with Gasteiger partial charge >= 0.3 is 0 Å². The van der Waals surface area contributed by atoms with Gasteiger partial charge in [-0.05, 0) is 49.6 Å². The number of amides is 1. The van der Waals surface area contributed by atoms with Crippen LogP contribution >= 0.6 is 0 Å². The SMILES string of the molecule is Cc1ccc(=O)n(C(C(=O)NC2CCCC2)C(=O)c2ccc(F)cc2)c1. The van der Waals surface area contributed by atoms with Crippen molar-refractivity contribution >= 4 is 11.7 Å². The van der Waals surface area contributed by atoms with Crippen LogP contribution in [0.3, 0.4) is 0 Å². The Morgan fingerprint density at radius 3 is 2.42 bits per heavy atom. The summed E-state index contributed by atoms with van der Waals surface area (Å²) < 4.78 is 14.3. The van der Waals surface area contributed by atoms with Gasteiger partial charge in [0.15, 0.2) is 11.8 Å². The van der Waals surface area contributed by atoms with Crippen LogP contribution in [0.25, 0.3) is 0 Å². The van der Waals surface area contributed by atoms with Gasteiger partial charge in [0.2, 0.25) is 0 Å². The number of hydrogen-bond acceptors (Lipinski definition) is 3. The number of Topliss-reactive ketones (excluding diaryl/α,β-unsaturated/α-hetero) is 1. The molecule has 0 aliphatic heterocycles. The fourth-order valence-corrected chi connectivity index (χ4v) is 3.31. The summed E-state index contributed by atoms with van der Waals surface area (Å²) in [7, 11) is 0. The number of halogens is 1. The van der Waals surface area contributed by atoms with E-state index in [-0.39, 0.29) is 11.6 Å². The Bertz CT molecular complexity index is 867. The van der Waals surface area contributed by atoms with Gasteiger partial charge in [-0.3, -0.25) is 19.0 Å². The first-order valence-electron chi connectivity index (χ1n) is 8.74. The molecule has 0 spiro atoms. The number of nitrogens with one attached hydrogen (secondary N) is 1. The molecule has 5 nitrogen and oxygen atoms in total. The normalized spacial score (nSPS) is 15.6. The second-order valence-corrected chi connectivity index (χ2v) is 6.72. The van der Waals surface area contributed by atoms with Crippen LogP contribution in [0.5, 0.6) is 0 Å². The molecule has 1 aromatic heterocycles. The third-order valence-electron chi connectivity index (χ3n) is 4.69. The number of hydrogen-bond donors (Lipinski definition) is 1. The van der Waals surface area contributed by atoms with Crippen LogP contribution in [0.15, 0.2) is 47.4 Å². The van der Waals surface area contributed by atoms with Crippen LogP contribution in [0.1, 0.15) is 47.6 Å². The van der Waals surface area contributed by atoms with Crippen LogP contribution < -0.4 is 10.9 Å². The molecule has 1 N–H and O–H groups in total. The molecular weight excluding hydrogens is 335 g/mol. The number of benzene rings is 1. The van der Waals surface area contributed by atoms with Crippen molar-refractivity contribution in [3.63, 3.8) is 0 Å². The Balaban J connectivity index is 1.98. The molecule has 0 radical (unpaired) electrons. The highest BCUT2D eigenvalue weighted by molar-refractivity contribution is 6.11. The highest BCUT2D eigenvalue weighted by Crippen LogP contribution is 2.20. The molecule has 1 heterocycles. The Hall–Kier alpha value is -2.76. The van der Waals surface area contributed by atoms with Crippen molar-refractivity contribution in [2.24, 2.45) is 0 Å². The minimum absolute atomic E-state index is 0.0199. The summed E-state index contributed by atoms with van der Waals surface area (Å²) in [6.07, 6.45) is 5.30. The topological polar surface area (TPSA) is 68.2 Å². The third kappa shape index (κ3) is 3.90. The van der Waals surface area contributed by atoms with Gasteiger partial charge in [0.25, 0.3) is 11.5 Å². The summed E-state index contributed by atoms with van der Waals surface area (Å²) in [6.45, 7) is 1.78. The van der Waals surface area contributed by atoms with Crippen molar-refractivity contribution in [3.05, 3.63) is 69.9 Å². The molecule has 26 heavy (non-hydrogen) atoms. The van der Waals surface area contributed by atoms with E-state index in [1.54, 1.807) is 13.0 Å². The molecule has 1 aromatic carbocycles. The van der Waals surface area contributed by atoms with Gasteiger partial charge in [0.05, 0.1) is 0 Å². The van der Waals surface area contributed by atoms with E-state index in [1.807, 2.05) is 0 Å². The Kier molecular flexibility index (Phi) is 5.30. The summed E-state index contributed by atoms with van der Waals surface area (Å²) in [5.41, 5.74) is 0.513. The molecule has 1 atom stereocenters. The van der Waals surface area contributed by atoms with Gasteiger partial charge in [-0.15, -0.1) is 0 Å². The Labute approximate surface area is 150 Å². The number of aromatic nitrogens is 1. The van der Waals surface area contributed by atoms with Gasteiger partial charge in [0.1, 0.15) is 5.82 Å². The summed E-state index contributed by atoms with van der Waals surface area (Å²) in [5.74, 6) is -1.51. The predicted molar refractivity (Wildman–Crippen MR) is 95.6 cm³/mol. The number of ketones is 1. The molecule has 1 unspecified atom stereocenters. The van der Waals surface area contributed by atoms with E-state index in [0.29, 0.717) is 0 Å². The number of aryl methyl sites for hydroxylation is 1. The van der Waals surface area contributed by atoms with E-state index < -0.39 is 29.1 Å². The van der Waals surface area contributed by atoms with Crippen molar-refractivity contribution in [2.45, 2.75) is 44.7 Å². The van der Waals surface area contributed by atoms with E-state index in [9.17, 15) is 18.8 Å². The summed E-state index contributed by atoms with van der Waals surface area (Å²) in [5, 5.41) is 2.89. The number of rotatable bonds is 5. The van der Waals surface area contributed by atoms with Crippen molar-refractivity contribution in [2.75, 3.05) is 0 Å². The van der Waals surface area contributed by atoms with Gasteiger partial charge in [-0.1, -0.05) is 18.9 Å². The summed E-state index contributed by atoms with van der Waals surface area (Å²) in [4.78, 5) is 38.2. The lowest BCUT2D eigenvalue weighted by atomic mass is 10.0. The predicted octanol–water partition coefficient (Wildman–Crippen LogP) is 2.78. The van der Waals surface area contributed by atoms with Crippen LogP contribution in [-0.4, -0.2) is 22.3 Å². The maximum Gasteiger partial charge on any atom is 0.251 e. The molecule has 1 aliphatic rings. The van der Waals surface area contributed by atoms with E-state index in [0.717, 1.165) is 47.9 Å². The molecule has 1 amide bonds. The lowest BCUT2D eigenvalue weighted by molar-refractivity contribution is -0.123. The van der Waals surface area contributed by atoms with Crippen LogP contribution in [-0.2, 0) is 4.79 Å². The second kappa shape index (κ2) is 7.64. The molecule has 136 valence electrons. The molecule has 1 aliphatic carbocycles. The first-order valence-corrected chi connectivity index (χ1v) is 8.74. The van der Waals surface area contributed by atoms with Gasteiger partial charge in [-0.2, -0.15) is 0 Å². The maximum atomic E-state index is 13.2. The average Bonchev–Trinajstić information content (AvgIpc) is 3.11. The molecule has 0 saturated heterocycles. The quantitative estimate of drug-likeness (QED) is 0.662. The molecule has 6 heteroatoms.